The molecule has 0 saturated heterocycles. The molecule has 0 aliphatic rings. The van der Waals surface area contributed by atoms with E-state index in [4.69, 9.17) is 5.73 Å². The molecule has 0 rings (SSSR count). The van der Waals surface area contributed by atoms with Gasteiger partial charge in [-0.3, -0.25) is 4.39 Å². The van der Waals surface area contributed by atoms with Crippen LogP contribution in [0.1, 0.15) is 27.2 Å². The molecule has 1 nitrogen and oxygen atoms in total. The van der Waals surface area contributed by atoms with Crippen LogP contribution in [0.4, 0.5) is 4.39 Å². The third-order valence-corrected chi connectivity index (χ3v) is 1.72. The Hall–Kier alpha value is -0.110. The van der Waals surface area contributed by atoms with Gasteiger partial charge in [0.25, 0.3) is 0 Å². The molecule has 62 valence electrons. The van der Waals surface area contributed by atoms with E-state index in [0.717, 1.165) is 6.42 Å². The van der Waals surface area contributed by atoms with Crippen molar-refractivity contribution >= 4 is 0 Å². The van der Waals surface area contributed by atoms with E-state index in [2.05, 4.69) is 13.8 Å². The van der Waals surface area contributed by atoms with Gasteiger partial charge in [0.2, 0.25) is 0 Å². The monoisotopic (exact) mass is 147 g/mol. The average Bonchev–Trinajstić information content (AvgIpc) is 1.85. The van der Waals surface area contributed by atoms with Gasteiger partial charge in [-0.15, -0.1) is 0 Å². The van der Waals surface area contributed by atoms with Crippen molar-refractivity contribution in [1.82, 2.24) is 0 Å². The molecular formula is C8H18FN. The summed E-state index contributed by atoms with van der Waals surface area (Å²) in [5.41, 5.74) is 5.69. The van der Waals surface area contributed by atoms with Crippen LogP contribution in [-0.2, 0) is 0 Å². The van der Waals surface area contributed by atoms with Crippen LogP contribution in [0.3, 0.4) is 0 Å². The molecule has 0 amide bonds. The second-order valence-electron chi connectivity index (χ2n) is 3.42. The Morgan fingerprint density at radius 1 is 1.30 bits per heavy atom. The molecule has 0 aromatic rings. The zero-order valence-corrected chi connectivity index (χ0v) is 7.10. The van der Waals surface area contributed by atoms with Gasteiger partial charge in [0, 0.05) is 6.04 Å². The van der Waals surface area contributed by atoms with E-state index in [0.29, 0.717) is 5.92 Å². The topological polar surface area (TPSA) is 26.0 Å². The Kier molecular flexibility index (Phi) is 4.62. The van der Waals surface area contributed by atoms with Gasteiger partial charge in [0.15, 0.2) is 0 Å². The van der Waals surface area contributed by atoms with E-state index in [1.165, 1.54) is 0 Å². The fourth-order valence-corrected chi connectivity index (χ4v) is 0.891. The molecule has 0 spiro atoms. The van der Waals surface area contributed by atoms with Crippen LogP contribution in [-0.4, -0.2) is 12.7 Å². The molecule has 2 N–H and O–H groups in total. The summed E-state index contributed by atoms with van der Waals surface area (Å²) in [5.74, 6) is 0.589. The van der Waals surface area contributed by atoms with Crippen molar-refractivity contribution in [3.05, 3.63) is 0 Å². The largest absolute Gasteiger partial charge is 0.327 e. The molecule has 0 unspecified atom stereocenters. The predicted molar refractivity (Wildman–Crippen MR) is 42.6 cm³/mol. The van der Waals surface area contributed by atoms with E-state index < -0.39 is 0 Å². The molecule has 0 fully saturated rings. The minimum atomic E-state index is -0.298. The smallest absolute Gasteiger partial charge is 0.0934 e. The van der Waals surface area contributed by atoms with Gasteiger partial charge >= 0.3 is 0 Å². The van der Waals surface area contributed by atoms with Gasteiger partial charge in [-0.1, -0.05) is 20.8 Å². The zero-order chi connectivity index (χ0) is 8.15. The number of rotatable bonds is 4. The second-order valence-corrected chi connectivity index (χ2v) is 3.42. The lowest BCUT2D eigenvalue weighted by Gasteiger charge is -2.18. The van der Waals surface area contributed by atoms with Crippen LogP contribution in [0.25, 0.3) is 0 Å². The first-order valence-corrected chi connectivity index (χ1v) is 3.89. The predicted octanol–water partition coefficient (Wildman–Crippen LogP) is 1.97. The van der Waals surface area contributed by atoms with Crippen molar-refractivity contribution in [3.8, 4) is 0 Å². The standard InChI is InChI=1S/C8H18FN/c1-6(2)4-8(10)7(3)5-9/h6-8H,4-5,10H2,1-3H3/t7-,8+/m1/s1. The minimum Gasteiger partial charge on any atom is -0.327 e. The lowest BCUT2D eigenvalue weighted by Crippen LogP contribution is -2.30. The summed E-state index contributed by atoms with van der Waals surface area (Å²) in [7, 11) is 0. The SMILES string of the molecule is CC(C)C[C@H](N)[C@H](C)CF. The molecule has 0 aromatic carbocycles. The van der Waals surface area contributed by atoms with E-state index in [1.54, 1.807) is 0 Å². The fraction of sp³-hybridized carbons (Fsp3) is 1.00. The zero-order valence-electron chi connectivity index (χ0n) is 7.10. The van der Waals surface area contributed by atoms with Crippen LogP contribution in [0, 0.1) is 11.8 Å². The van der Waals surface area contributed by atoms with Crippen molar-refractivity contribution in [1.29, 1.82) is 0 Å². The molecule has 0 aliphatic heterocycles. The Labute approximate surface area is 62.8 Å². The number of nitrogens with two attached hydrogens (primary N) is 1. The maximum absolute atomic E-state index is 12.0. The summed E-state index contributed by atoms with van der Waals surface area (Å²) < 4.78 is 12.0. The van der Waals surface area contributed by atoms with Gasteiger partial charge < -0.3 is 5.73 Å². The molecule has 0 bridgehead atoms. The molecule has 0 heterocycles. The quantitative estimate of drug-likeness (QED) is 0.646. The summed E-state index contributed by atoms with van der Waals surface area (Å²) in [6.45, 7) is 5.76. The molecule has 0 saturated carbocycles. The molecule has 2 heteroatoms. The van der Waals surface area contributed by atoms with Crippen molar-refractivity contribution < 1.29 is 4.39 Å². The van der Waals surface area contributed by atoms with Gasteiger partial charge in [-0.2, -0.15) is 0 Å². The molecule has 10 heavy (non-hydrogen) atoms. The lowest BCUT2D eigenvalue weighted by atomic mass is 9.95. The van der Waals surface area contributed by atoms with Crippen molar-refractivity contribution in [2.24, 2.45) is 17.6 Å². The highest BCUT2D eigenvalue weighted by atomic mass is 19.1. The third kappa shape index (κ3) is 3.83. The highest BCUT2D eigenvalue weighted by molar-refractivity contribution is 4.69. The normalized spacial score (nSPS) is 17.4. The van der Waals surface area contributed by atoms with Crippen molar-refractivity contribution in [2.75, 3.05) is 6.67 Å². The average molecular weight is 147 g/mol. The number of hydrogen-bond acceptors (Lipinski definition) is 1. The Morgan fingerprint density at radius 3 is 2.10 bits per heavy atom. The Balaban J connectivity index is 3.50. The number of halogens is 1. The molecule has 0 radical (unpaired) electrons. The number of hydrogen-bond donors (Lipinski definition) is 1. The van der Waals surface area contributed by atoms with Gasteiger partial charge in [-0.05, 0) is 18.3 Å². The first-order chi connectivity index (χ1) is 4.57. The first-order valence-electron chi connectivity index (χ1n) is 3.89. The molecule has 0 aliphatic carbocycles. The second kappa shape index (κ2) is 4.67. The summed E-state index contributed by atoms with van der Waals surface area (Å²) in [4.78, 5) is 0. The van der Waals surface area contributed by atoms with Gasteiger partial charge in [0.1, 0.15) is 0 Å². The molecule has 2 atom stereocenters. The molecular weight excluding hydrogens is 129 g/mol. The van der Waals surface area contributed by atoms with Crippen LogP contribution in [0.15, 0.2) is 0 Å². The van der Waals surface area contributed by atoms with Gasteiger partial charge in [0.05, 0.1) is 6.67 Å². The van der Waals surface area contributed by atoms with Crippen LogP contribution < -0.4 is 5.73 Å². The van der Waals surface area contributed by atoms with Gasteiger partial charge in [-0.25, -0.2) is 0 Å². The van der Waals surface area contributed by atoms with E-state index in [9.17, 15) is 4.39 Å². The summed E-state index contributed by atoms with van der Waals surface area (Å²) in [6.07, 6.45) is 0.922. The Bertz CT molecular complexity index is 83.3. The van der Waals surface area contributed by atoms with E-state index >= 15 is 0 Å². The maximum Gasteiger partial charge on any atom is 0.0934 e. The Morgan fingerprint density at radius 2 is 1.80 bits per heavy atom. The van der Waals surface area contributed by atoms with Crippen molar-refractivity contribution in [2.45, 2.75) is 33.2 Å². The summed E-state index contributed by atoms with van der Waals surface area (Å²) in [6, 6.07) is 0.0324. The van der Waals surface area contributed by atoms with Crippen LogP contribution in [0.5, 0.6) is 0 Å². The highest BCUT2D eigenvalue weighted by Gasteiger charge is 2.12. The van der Waals surface area contributed by atoms with Crippen LogP contribution in [0.2, 0.25) is 0 Å². The summed E-state index contributed by atoms with van der Waals surface area (Å²) >= 11 is 0. The molecule has 0 aromatic heterocycles. The third-order valence-electron chi connectivity index (χ3n) is 1.72. The highest BCUT2D eigenvalue weighted by Crippen LogP contribution is 2.10. The van der Waals surface area contributed by atoms with E-state index in [-0.39, 0.29) is 18.6 Å². The lowest BCUT2D eigenvalue weighted by molar-refractivity contribution is 0.306. The maximum atomic E-state index is 12.0. The summed E-state index contributed by atoms with van der Waals surface area (Å²) in [5, 5.41) is 0. The fourth-order valence-electron chi connectivity index (χ4n) is 0.891. The minimum absolute atomic E-state index is 0.0161. The first kappa shape index (κ1) is 9.89. The van der Waals surface area contributed by atoms with Crippen LogP contribution >= 0.6 is 0 Å². The van der Waals surface area contributed by atoms with Crippen molar-refractivity contribution in [3.63, 3.8) is 0 Å². The van der Waals surface area contributed by atoms with E-state index in [1.807, 2.05) is 6.92 Å². The number of alkyl halides is 1.